The summed E-state index contributed by atoms with van der Waals surface area (Å²) in [6, 6.07) is 7.25. The summed E-state index contributed by atoms with van der Waals surface area (Å²) < 4.78 is 0. The van der Waals surface area contributed by atoms with Crippen molar-refractivity contribution in [2.45, 2.75) is 19.5 Å². The molecule has 0 saturated heterocycles. The molecule has 3 aromatic rings. The summed E-state index contributed by atoms with van der Waals surface area (Å²) in [7, 11) is 0. The van der Waals surface area contributed by atoms with Crippen molar-refractivity contribution in [1.82, 2.24) is 30.6 Å². The van der Waals surface area contributed by atoms with Crippen molar-refractivity contribution in [3.63, 3.8) is 0 Å². The van der Waals surface area contributed by atoms with Gasteiger partial charge >= 0.3 is 0 Å². The van der Waals surface area contributed by atoms with Crippen molar-refractivity contribution in [2.24, 2.45) is 0 Å². The van der Waals surface area contributed by atoms with Crippen LogP contribution >= 0.6 is 23.2 Å². The predicted molar refractivity (Wildman–Crippen MR) is 108 cm³/mol. The van der Waals surface area contributed by atoms with Gasteiger partial charge in [-0.3, -0.25) is 9.59 Å². The maximum absolute atomic E-state index is 12.2. The van der Waals surface area contributed by atoms with Gasteiger partial charge in [-0.05, 0) is 18.1 Å². The molecule has 3 rings (SSSR count). The lowest BCUT2D eigenvalue weighted by molar-refractivity contribution is 0.0929. The number of nitrogens with one attached hydrogen (secondary N) is 2. The van der Waals surface area contributed by atoms with Crippen molar-refractivity contribution >= 4 is 35.0 Å². The highest BCUT2D eigenvalue weighted by Crippen LogP contribution is 2.14. The fourth-order valence-electron chi connectivity index (χ4n) is 2.41. The van der Waals surface area contributed by atoms with E-state index >= 15 is 0 Å². The van der Waals surface area contributed by atoms with E-state index in [9.17, 15) is 9.59 Å². The van der Waals surface area contributed by atoms with Gasteiger partial charge < -0.3 is 10.6 Å². The molecular formula is C19H16Cl2N6O2. The zero-order valence-corrected chi connectivity index (χ0v) is 16.8. The summed E-state index contributed by atoms with van der Waals surface area (Å²) >= 11 is 11.3. The minimum absolute atomic E-state index is 0.186. The van der Waals surface area contributed by atoms with E-state index in [2.05, 4.69) is 30.6 Å². The van der Waals surface area contributed by atoms with Crippen LogP contribution in [0.25, 0.3) is 0 Å². The smallest absolute Gasteiger partial charge is 0.271 e. The zero-order chi connectivity index (χ0) is 20.8. The van der Waals surface area contributed by atoms with Gasteiger partial charge in [0.2, 0.25) is 0 Å². The normalized spacial score (nSPS) is 11.6. The number of rotatable bonds is 6. The van der Waals surface area contributed by atoms with Crippen LogP contribution in [0.5, 0.6) is 0 Å². The summed E-state index contributed by atoms with van der Waals surface area (Å²) in [6.07, 6.45) is 5.27. The third-order valence-corrected chi connectivity index (χ3v) is 4.38. The lowest BCUT2D eigenvalue weighted by Crippen LogP contribution is -2.27. The summed E-state index contributed by atoms with van der Waals surface area (Å²) in [5.41, 5.74) is 2.17. The lowest BCUT2D eigenvalue weighted by Gasteiger charge is -2.14. The van der Waals surface area contributed by atoms with Crippen molar-refractivity contribution in [2.75, 3.05) is 0 Å². The molecule has 0 radical (unpaired) electrons. The van der Waals surface area contributed by atoms with Gasteiger partial charge in [0.15, 0.2) is 0 Å². The maximum atomic E-state index is 12.2. The van der Waals surface area contributed by atoms with Crippen LogP contribution in [0.4, 0.5) is 0 Å². The first-order valence-electron chi connectivity index (χ1n) is 8.55. The quantitative estimate of drug-likeness (QED) is 0.621. The average molecular weight is 431 g/mol. The number of amides is 2. The lowest BCUT2D eigenvalue weighted by atomic mass is 10.1. The molecule has 10 heteroatoms. The van der Waals surface area contributed by atoms with Gasteiger partial charge in [0.05, 0.1) is 30.8 Å². The van der Waals surface area contributed by atoms with Gasteiger partial charge in [-0.25, -0.2) is 19.9 Å². The zero-order valence-electron chi connectivity index (χ0n) is 15.3. The summed E-state index contributed by atoms with van der Waals surface area (Å²) in [5.74, 6) is -0.690. The van der Waals surface area contributed by atoms with Crippen LogP contribution < -0.4 is 10.6 Å². The molecule has 0 bridgehead atoms. The number of nitrogens with zero attached hydrogens (tertiary/aromatic N) is 4. The number of carbonyl (C=O) groups excluding carboxylic acids is 2. The highest BCUT2D eigenvalue weighted by molar-refractivity contribution is 6.29. The Morgan fingerprint density at radius 3 is 1.93 bits per heavy atom. The van der Waals surface area contributed by atoms with Crippen LogP contribution in [0.15, 0.2) is 49.1 Å². The van der Waals surface area contributed by atoms with Crippen molar-refractivity contribution in [1.29, 1.82) is 0 Å². The summed E-state index contributed by atoms with van der Waals surface area (Å²) in [6.45, 7) is 2.18. The number of hydrogen-bond acceptors (Lipinski definition) is 6. The van der Waals surface area contributed by atoms with Crippen LogP contribution in [-0.2, 0) is 6.54 Å². The molecule has 2 amide bonds. The Bertz CT molecular complexity index is 995. The molecule has 2 aromatic heterocycles. The standard InChI is InChI=1S/C19H16Cl2N6O2/c1-11(27-19(29)15-8-25-17(21)10-23-15)13-4-2-12(3-5-13)6-26-18(28)14-7-24-16(20)9-22-14/h2-5,7-11H,6H2,1H3,(H,26,28)(H,27,29). The van der Waals surface area contributed by atoms with Crippen LogP contribution in [0.3, 0.4) is 0 Å². The second-order valence-corrected chi connectivity index (χ2v) is 6.84. The average Bonchev–Trinajstić information content (AvgIpc) is 2.73. The summed E-state index contributed by atoms with van der Waals surface area (Å²) in [4.78, 5) is 39.8. The van der Waals surface area contributed by atoms with Crippen molar-refractivity contribution < 1.29 is 9.59 Å². The fraction of sp³-hybridized carbons (Fsp3) is 0.158. The molecule has 2 N–H and O–H groups in total. The highest BCUT2D eigenvalue weighted by Gasteiger charge is 2.13. The minimum atomic E-state index is -0.345. The van der Waals surface area contributed by atoms with Gasteiger partial charge in [0, 0.05) is 6.54 Å². The molecule has 0 aliphatic carbocycles. The number of halogens is 2. The van der Waals surface area contributed by atoms with Gasteiger partial charge in [-0.2, -0.15) is 0 Å². The molecular weight excluding hydrogens is 415 g/mol. The number of aromatic nitrogens is 4. The molecule has 8 nitrogen and oxygen atoms in total. The molecule has 1 unspecified atom stereocenters. The van der Waals surface area contributed by atoms with Gasteiger partial charge in [-0.1, -0.05) is 47.5 Å². The van der Waals surface area contributed by atoms with Gasteiger partial charge in [0.25, 0.3) is 11.8 Å². The Morgan fingerprint density at radius 2 is 1.41 bits per heavy atom. The van der Waals surface area contributed by atoms with E-state index in [0.717, 1.165) is 11.1 Å². The number of carbonyl (C=O) groups is 2. The Balaban J connectivity index is 1.55. The second kappa shape index (κ2) is 9.40. The largest absolute Gasteiger partial charge is 0.347 e. The molecule has 148 valence electrons. The van der Waals surface area contributed by atoms with Crippen molar-refractivity contribution in [3.05, 3.63) is 81.9 Å². The third-order valence-electron chi connectivity index (χ3n) is 3.99. The van der Waals surface area contributed by atoms with Crippen LogP contribution in [-0.4, -0.2) is 31.8 Å². The Labute approximate surface area is 176 Å². The van der Waals surface area contributed by atoms with E-state index < -0.39 is 0 Å². The Kier molecular flexibility index (Phi) is 6.69. The van der Waals surface area contributed by atoms with Gasteiger partial charge in [0.1, 0.15) is 21.7 Å². The fourth-order valence-corrected chi connectivity index (χ4v) is 2.61. The molecule has 0 fully saturated rings. The van der Waals surface area contributed by atoms with E-state index in [1.54, 1.807) is 0 Å². The minimum Gasteiger partial charge on any atom is -0.347 e. The van der Waals surface area contributed by atoms with E-state index in [4.69, 9.17) is 23.2 Å². The monoisotopic (exact) mass is 430 g/mol. The molecule has 0 saturated carbocycles. The molecule has 0 aliphatic heterocycles. The first-order valence-corrected chi connectivity index (χ1v) is 9.31. The SMILES string of the molecule is CC(NC(=O)c1cnc(Cl)cn1)c1ccc(CNC(=O)c2cnc(Cl)cn2)cc1. The molecule has 0 spiro atoms. The first-order chi connectivity index (χ1) is 13.9. The summed E-state index contributed by atoms with van der Waals surface area (Å²) in [5, 5.41) is 6.05. The van der Waals surface area contributed by atoms with Crippen molar-refractivity contribution in [3.8, 4) is 0 Å². The van der Waals surface area contributed by atoms with Crippen LogP contribution in [0.1, 0.15) is 45.1 Å². The van der Waals surface area contributed by atoms with Gasteiger partial charge in [-0.15, -0.1) is 0 Å². The molecule has 29 heavy (non-hydrogen) atoms. The van der Waals surface area contributed by atoms with Crippen LogP contribution in [0.2, 0.25) is 10.3 Å². The Hall–Kier alpha value is -3.10. The van der Waals surface area contributed by atoms with E-state index in [-0.39, 0.29) is 39.6 Å². The molecule has 1 atom stereocenters. The Morgan fingerprint density at radius 1 is 0.862 bits per heavy atom. The maximum Gasteiger partial charge on any atom is 0.271 e. The predicted octanol–water partition coefficient (Wildman–Crippen LogP) is 2.99. The third kappa shape index (κ3) is 5.69. The molecule has 1 aromatic carbocycles. The first kappa shape index (κ1) is 20.6. The number of benzene rings is 1. The second-order valence-electron chi connectivity index (χ2n) is 6.07. The van der Waals surface area contributed by atoms with E-state index in [0.29, 0.717) is 6.54 Å². The van der Waals surface area contributed by atoms with E-state index in [1.807, 2.05) is 31.2 Å². The number of hydrogen-bond donors (Lipinski definition) is 2. The highest BCUT2D eigenvalue weighted by atomic mass is 35.5. The van der Waals surface area contributed by atoms with E-state index in [1.165, 1.54) is 24.8 Å². The molecule has 0 aliphatic rings. The topological polar surface area (TPSA) is 110 Å². The van der Waals surface area contributed by atoms with Crippen LogP contribution in [0, 0.1) is 0 Å². The molecule has 2 heterocycles.